The first-order chi connectivity index (χ1) is 18.5. The number of halogens is 3. The molecule has 1 saturated heterocycles. The summed E-state index contributed by atoms with van der Waals surface area (Å²) in [6.45, 7) is 5.01. The second kappa shape index (κ2) is 12.2. The number of benzene rings is 3. The number of hydrogen-bond donors (Lipinski definition) is 1. The molecule has 0 bridgehead atoms. The minimum absolute atomic E-state index is 0.130. The summed E-state index contributed by atoms with van der Waals surface area (Å²) in [4.78, 5) is 15.1. The lowest BCUT2D eigenvalue weighted by molar-refractivity contribution is -0.137. The highest BCUT2D eigenvalue weighted by molar-refractivity contribution is 7.92. The average Bonchev–Trinajstić information content (AvgIpc) is 2.91. The number of morpholine rings is 1. The van der Waals surface area contributed by atoms with Gasteiger partial charge < -0.3 is 10.1 Å². The van der Waals surface area contributed by atoms with Crippen molar-refractivity contribution in [1.29, 1.82) is 0 Å². The molecule has 0 radical (unpaired) electrons. The van der Waals surface area contributed by atoms with Crippen molar-refractivity contribution in [3.63, 3.8) is 0 Å². The Morgan fingerprint density at radius 3 is 2.33 bits per heavy atom. The maximum absolute atomic E-state index is 13.5. The van der Waals surface area contributed by atoms with Crippen molar-refractivity contribution in [2.24, 2.45) is 0 Å². The molecular weight excluding hydrogens is 531 g/mol. The van der Waals surface area contributed by atoms with E-state index in [2.05, 4.69) is 10.2 Å². The van der Waals surface area contributed by atoms with Gasteiger partial charge in [-0.1, -0.05) is 48.0 Å². The van der Waals surface area contributed by atoms with Crippen LogP contribution in [-0.2, 0) is 38.8 Å². The van der Waals surface area contributed by atoms with Crippen molar-refractivity contribution in [2.75, 3.05) is 37.2 Å². The summed E-state index contributed by atoms with van der Waals surface area (Å²) >= 11 is 0. The van der Waals surface area contributed by atoms with Gasteiger partial charge in [-0.05, 0) is 48.4 Å². The van der Waals surface area contributed by atoms with Crippen LogP contribution in [0.1, 0.15) is 22.3 Å². The third-order valence-corrected chi connectivity index (χ3v) is 8.14. The molecule has 3 aromatic rings. The zero-order valence-corrected chi connectivity index (χ0v) is 22.3. The number of amides is 1. The van der Waals surface area contributed by atoms with Crippen LogP contribution in [0.4, 0.5) is 18.9 Å². The highest BCUT2D eigenvalue weighted by Gasteiger charge is 2.33. The van der Waals surface area contributed by atoms with E-state index in [1.807, 2.05) is 24.3 Å². The molecule has 0 aromatic heterocycles. The number of aryl methyl sites for hydroxylation is 1. The van der Waals surface area contributed by atoms with Crippen molar-refractivity contribution < 1.29 is 31.1 Å². The number of alkyl halides is 3. The maximum Gasteiger partial charge on any atom is 0.416 e. The van der Waals surface area contributed by atoms with Gasteiger partial charge in [0.05, 0.1) is 29.4 Å². The van der Waals surface area contributed by atoms with Crippen LogP contribution in [0.2, 0.25) is 0 Å². The number of anilines is 1. The monoisotopic (exact) mass is 561 g/mol. The van der Waals surface area contributed by atoms with E-state index in [0.29, 0.717) is 17.5 Å². The van der Waals surface area contributed by atoms with Gasteiger partial charge in [0, 0.05) is 26.2 Å². The van der Waals surface area contributed by atoms with Crippen molar-refractivity contribution in [3.8, 4) is 0 Å². The van der Waals surface area contributed by atoms with Gasteiger partial charge in [0.2, 0.25) is 5.91 Å². The smallest absolute Gasteiger partial charge is 0.379 e. The minimum Gasteiger partial charge on any atom is -0.379 e. The first-order valence-corrected chi connectivity index (χ1v) is 13.9. The minimum atomic E-state index is -4.68. The molecular formula is C28H30F3N3O4S. The molecule has 3 aromatic carbocycles. The molecule has 0 unspecified atom stereocenters. The fourth-order valence-corrected chi connectivity index (χ4v) is 5.65. The Hall–Kier alpha value is -3.41. The molecule has 0 atom stereocenters. The Labute approximate surface area is 226 Å². The molecule has 1 fully saturated rings. The Bertz CT molecular complexity index is 1390. The van der Waals surface area contributed by atoms with Gasteiger partial charge in [-0.3, -0.25) is 14.0 Å². The van der Waals surface area contributed by atoms with Crippen LogP contribution >= 0.6 is 0 Å². The number of hydrogen-bond acceptors (Lipinski definition) is 5. The molecule has 39 heavy (non-hydrogen) atoms. The van der Waals surface area contributed by atoms with E-state index in [1.165, 1.54) is 18.2 Å². The zero-order valence-electron chi connectivity index (χ0n) is 21.4. The number of sulfonamides is 1. The third-order valence-electron chi connectivity index (χ3n) is 6.35. The summed E-state index contributed by atoms with van der Waals surface area (Å²) in [6, 6.07) is 17.5. The SMILES string of the molecule is Cc1ccc(S(=O)(=O)N(CC(=O)NCc2cccc(CN3CCOCC3)c2)c2cccc(C(F)(F)F)c2)cc1. The second-order valence-corrected chi connectivity index (χ2v) is 11.2. The number of carbonyl (C=O) groups is 1. The lowest BCUT2D eigenvalue weighted by Crippen LogP contribution is -2.40. The summed E-state index contributed by atoms with van der Waals surface area (Å²) in [6.07, 6.45) is -4.68. The van der Waals surface area contributed by atoms with E-state index in [4.69, 9.17) is 4.74 Å². The van der Waals surface area contributed by atoms with Crippen LogP contribution in [0.3, 0.4) is 0 Å². The Kier molecular flexibility index (Phi) is 8.94. The van der Waals surface area contributed by atoms with Gasteiger partial charge in [-0.25, -0.2) is 8.42 Å². The van der Waals surface area contributed by atoms with Crippen LogP contribution in [0.25, 0.3) is 0 Å². The molecule has 1 N–H and O–H groups in total. The van der Waals surface area contributed by atoms with Crippen LogP contribution in [0.15, 0.2) is 77.7 Å². The molecule has 208 valence electrons. The molecule has 0 aliphatic carbocycles. The number of rotatable bonds is 9. The Morgan fingerprint density at radius 1 is 0.974 bits per heavy atom. The van der Waals surface area contributed by atoms with Gasteiger partial charge in [-0.2, -0.15) is 13.2 Å². The molecule has 11 heteroatoms. The van der Waals surface area contributed by atoms with Crippen LogP contribution in [-0.4, -0.2) is 52.1 Å². The highest BCUT2D eigenvalue weighted by Crippen LogP contribution is 2.33. The first kappa shape index (κ1) is 28.6. The van der Waals surface area contributed by atoms with Crippen LogP contribution in [0.5, 0.6) is 0 Å². The number of carbonyl (C=O) groups excluding carboxylic acids is 1. The molecule has 1 heterocycles. The summed E-state index contributed by atoms with van der Waals surface area (Å²) in [5.74, 6) is -0.651. The van der Waals surface area contributed by atoms with Crippen LogP contribution in [0, 0.1) is 6.92 Å². The van der Waals surface area contributed by atoms with Crippen LogP contribution < -0.4 is 9.62 Å². The van der Waals surface area contributed by atoms with Gasteiger partial charge in [-0.15, -0.1) is 0 Å². The number of nitrogens with zero attached hydrogens (tertiary/aromatic N) is 2. The van der Waals surface area contributed by atoms with Crippen molar-refractivity contribution in [1.82, 2.24) is 10.2 Å². The standard InChI is InChI=1S/C28H30F3N3O4S/c1-21-8-10-26(11-9-21)39(36,37)34(25-7-3-6-24(17-25)28(29,30)31)20-27(35)32-18-22-4-2-5-23(16-22)19-33-12-14-38-15-13-33/h2-11,16-17H,12-15,18-20H2,1H3,(H,32,35). The highest BCUT2D eigenvalue weighted by atomic mass is 32.2. The summed E-state index contributed by atoms with van der Waals surface area (Å²) in [7, 11) is -4.34. The van der Waals surface area contributed by atoms with Gasteiger partial charge in [0.25, 0.3) is 10.0 Å². The first-order valence-electron chi connectivity index (χ1n) is 12.4. The van der Waals surface area contributed by atoms with Crippen molar-refractivity contribution in [2.45, 2.75) is 31.1 Å². The molecule has 7 nitrogen and oxygen atoms in total. The predicted octanol–water partition coefficient (Wildman–Crippen LogP) is 4.36. The number of nitrogens with one attached hydrogen (secondary N) is 1. The fourth-order valence-electron chi connectivity index (χ4n) is 4.23. The average molecular weight is 562 g/mol. The van der Waals surface area contributed by atoms with E-state index in [0.717, 1.165) is 54.5 Å². The zero-order chi connectivity index (χ0) is 28.0. The molecule has 1 aliphatic heterocycles. The molecule has 1 aliphatic rings. The lowest BCUT2D eigenvalue weighted by atomic mass is 10.1. The maximum atomic E-state index is 13.5. The Balaban J connectivity index is 1.52. The predicted molar refractivity (Wildman–Crippen MR) is 142 cm³/mol. The second-order valence-electron chi connectivity index (χ2n) is 9.36. The summed E-state index contributed by atoms with van der Waals surface area (Å²) < 4.78 is 73.3. The largest absolute Gasteiger partial charge is 0.416 e. The lowest BCUT2D eigenvalue weighted by Gasteiger charge is -2.26. The quantitative estimate of drug-likeness (QED) is 0.420. The Morgan fingerprint density at radius 2 is 1.64 bits per heavy atom. The van der Waals surface area contributed by atoms with Gasteiger partial charge in [0.15, 0.2) is 0 Å². The topological polar surface area (TPSA) is 79.0 Å². The third kappa shape index (κ3) is 7.59. The van der Waals surface area contributed by atoms with E-state index in [9.17, 15) is 26.4 Å². The molecule has 0 spiro atoms. The van der Waals surface area contributed by atoms with Crippen molar-refractivity contribution >= 4 is 21.6 Å². The van der Waals surface area contributed by atoms with E-state index in [1.54, 1.807) is 19.1 Å². The number of ether oxygens (including phenoxy) is 1. The molecule has 4 rings (SSSR count). The van der Waals surface area contributed by atoms with Gasteiger partial charge in [0.1, 0.15) is 6.54 Å². The normalized spacial score (nSPS) is 14.7. The van der Waals surface area contributed by atoms with Gasteiger partial charge >= 0.3 is 6.18 Å². The summed E-state index contributed by atoms with van der Waals surface area (Å²) in [5.41, 5.74) is 1.43. The summed E-state index contributed by atoms with van der Waals surface area (Å²) in [5, 5.41) is 2.71. The van der Waals surface area contributed by atoms with E-state index < -0.39 is 34.2 Å². The van der Waals surface area contributed by atoms with Crippen molar-refractivity contribution in [3.05, 3.63) is 95.1 Å². The van der Waals surface area contributed by atoms with E-state index in [-0.39, 0.29) is 17.1 Å². The molecule has 1 amide bonds. The fraction of sp³-hybridized carbons (Fsp3) is 0.321. The molecule has 0 saturated carbocycles. The van der Waals surface area contributed by atoms with E-state index >= 15 is 0 Å².